The molecule has 0 saturated carbocycles. The molecule has 2 fully saturated rings. The van der Waals surface area contributed by atoms with Gasteiger partial charge < -0.3 is 19.9 Å². The molecule has 2 aliphatic rings. The molecule has 2 heterocycles. The van der Waals surface area contributed by atoms with Crippen LogP contribution in [0.3, 0.4) is 0 Å². The van der Waals surface area contributed by atoms with Crippen LogP contribution in [0, 0.1) is 5.92 Å². The molecule has 0 aromatic carbocycles. The van der Waals surface area contributed by atoms with Crippen molar-refractivity contribution in [3.05, 3.63) is 0 Å². The highest BCUT2D eigenvalue weighted by Gasteiger charge is 2.24. The number of nitrogens with zero attached hydrogens (tertiary/aromatic N) is 2. The summed E-state index contributed by atoms with van der Waals surface area (Å²) in [6.07, 6.45) is 2.37. The first-order valence-electron chi connectivity index (χ1n) is 7.13. The largest absolute Gasteiger partial charge is 0.378 e. The van der Waals surface area contributed by atoms with E-state index in [0.717, 1.165) is 39.3 Å². The fraction of sp³-hybridized carbons (Fsp3) is 0.923. The van der Waals surface area contributed by atoms with Gasteiger partial charge in [-0.05, 0) is 38.8 Å². The van der Waals surface area contributed by atoms with Crippen molar-refractivity contribution in [1.82, 2.24) is 15.1 Å². The van der Waals surface area contributed by atoms with Crippen molar-refractivity contribution in [2.45, 2.75) is 19.8 Å². The van der Waals surface area contributed by atoms with Crippen molar-refractivity contribution in [1.29, 1.82) is 0 Å². The van der Waals surface area contributed by atoms with Crippen molar-refractivity contribution < 1.29 is 9.53 Å². The van der Waals surface area contributed by atoms with Crippen molar-refractivity contribution >= 4 is 6.03 Å². The maximum absolute atomic E-state index is 12.4. The Balaban J connectivity index is 1.84. The van der Waals surface area contributed by atoms with Gasteiger partial charge in [0.2, 0.25) is 0 Å². The molecule has 0 aromatic rings. The maximum atomic E-state index is 12.4. The summed E-state index contributed by atoms with van der Waals surface area (Å²) in [5.41, 5.74) is 0. The molecule has 0 aromatic heterocycles. The summed E-state index contributed by atoms with van der Waals surface area (Å²) in [4.78, 5) is 16.3. The molecule has 2 saturated heterocycles. The second-order valence-electron chi connectivity index (χ2n) is 5.11. The van der Waals surface area contributed by atoms with Crippen LogP contribution in [0.25, 0.3) is 0 Å². The minimum Gasteiger partial charge on any atom is -0.378 e. The van der Waals surface area contributed by atoms with Gasteiger partial charge in [-0.2, -0.15) is 0 Å². The molecule has 5 heteroatoms. The zero-order chi connectivity index (χ0) is 12.8. The fourth-order valence-corrected chi connectivity index (χ4v) is 2.67. The van der Waals surface area contributed by atoms with E-state index in [-0.39, 0.29) is 6.03 Å². The van der Waals surface area contributed by atoms with Gasteiger partial charge in [0, 0.05) is 26.2 Å². The van der Waals surface area contributed by atoms with E-state index in [1.807, 2.05) is 9.80 Å². The number of hydrogen-bond donors (Lipinski definition) is 1. The first kappa shape index (κ1) is 13.6. The van der Waals surface area contributed by atoms with E-state index < -0.39 is 0 Å². The topological polar surface area (TPSA) is 44.8 Å². The van der Waals surface area contributed by atoms with Crippen LogP contribution in [-0.2, 0) is 4.74 Å². The number of carbonyl (C=O) groups excluding carboxylic acids is 1. The van der Waals surface area contributed by atoms with Crippen LogP contribution in [0.15, 0.2) is 0 Å². The summed E-state index contributed by atoms with van der Waals surface area (Å²) in [5, 5.41) is 3.37. The highest BCUT2D eigenvalue weighted by Crippen LogP contribution is 2.15. The molecule has 1 N–H and O–H groups in total. The molecule has 0 bridgehead atoms. The molecule has 5 nitrogen and oxygen atoms in total. The minimum absolute atomic E-state index is 0.194. The highest BCUT2D eigenvalue weighted by atomic mass is 16.5. The molecule has 104 valence electrons. The van der Waals surface area contributed by atoms with Crippen molar-refractivity contribution in [2.75, 3.05) is 52.5 Å². The number of rotatable bonds is 3. The van der Waals surface area contributed by atoms with Gasteiger partial charge in [0.25, 0.3) is 0 Å². The van der Waals surface area contributed by atoms with E-state index in [0.29, 0.717) is 19.1 Å². The third-order valence-electron chi connectivity index (χ3n) is 3.87. The lowest BCUT2D eigenvalue weighted by atomic mass is 9.97. The standard InChI is InChI=1S/C13H25N3O2/c1-2-15(11-12-3-5-14-6-4-12)13(17)16-7-9-18-10-8-16/h12,14H,2-11H2,1H3. The van der Waals surface area contributed by atoms with Crippen LogP contribution in [0.4, 0.5) is 4.79 Å². The third kappa shape index (κ3) is 3.59. The van der Waals surface area contributed by atoms with E-state index in [9.17, 15) is 4.79 Å². The van der Waals surface area contributed by atoms with Crippen LogP contribution in [0.1, 0.15) is 19.8 Å². The molecule has 0 aliphatic carbocycles. The van der Waals surface area contributed by atoms with Gasteiger partial charge in [-0.25, -0.2) is 4.79 Å². The molecule has 2 rings (SSSR count). The van der Waals surface area contributed by atoms with Gasteiger partial charge in [-0.15, -0.1) is 0 Å². The van der Waals surface area contributed by atoms with Crippen LogP contribution in [0.5, 0.6) is 0 Å². The SMILES string of the molecule is CCN(CC1CCNCC1)C(=O)N1CCOCC1. The lowest BCUT2D eigenvalue weighted by molar-refractivity contribution is 0.0419. The predicted octanol–water partition coefficient (Wildman–Crippen LogP) is 0.760. The summed E-state index contributed by atoms with van der Waals surface area (Å²) < 4.78 is 5.29. The van der Waals surface area contributed by atoms with Gasteiger partial charge >= 0.3 is 6.03 Å². The van der Waals surface area contributed by atoms with Crippen molar-refractivity contribution in [3.8, 4) is 0 Å². The average Bonchev–Trinajstić information content (AvgIpc) is 2.46. The summed E-state index contributed by atoms with van der Waals surface area (Å²) in [6, 6.07) is 0.194. The maximum Gasteiger partial charge on any atom is 0.320 e. The number of piperidine rings is 1. The molecular formula is C13H25N3O2. The highest BCUT2D eigenvalue weighted by molar-refractivity contribution is 5.74. The zero-order valence-electron chi connectivity index (χ0n) is 11.4. The normalized spacial score (nSPS) is 21.9. The number of urea groups is 1. The van der Waals surface area contributed by atoms with E-state index in [2.05, 4.69) is 12.2 Å². The fourth-order valence-electron chi connectivity index (χ4n) is 2.67. The number of hydrogen-bond acceptors (Lipinski definition) is 3. The molecule has 2 aliphatic heterocycles. The van der Waals surface area contributed by atoms with Crippen LogP contribution in [0.2, 0.25) is 0 Å². The summed E-state index contributed by atoms with van der Waals surface area (Å²) in [5.74, 6) is 0.663. The van der Waals surface area contributed by atoms with Gasteiger partial charge in [0.15, 0.2) is 0 Å². The predicted molar refractivity (Wildman–Crippen MR) is 70.6 cm³/mol. The van der Waals surface area contributed by atoms with E-state index in [1.165, 1.54) is 12.8 Å². The van der Waals surface area contributed by atoms with Gasteiger partial charge in [0.05, 0.1) is 13.2 Å². The van der Waals surface area contributed by atoms with Gasteiger partial charge in [-0.1, -0.05) is 0 Å². The monoisotopic (exact) mass is 255 g/mol. The Hall–Kier alpha value is -0.810. The Morgan fingerprint density at radius 1 is 1.33 bits per heavy atom. The van der Waals surface area contributed by atoms with Gasteiger partial charge in [0.1, 0.15) is 0 Å². The quantitative estimate of drug-likeness (QED) is 0.810. The van der Waals surface area contributed by atoms with E-state index >= 15 is 0 Å². The van der Waals surface area contributed by atoms with E-state index in [1.54, 1.807) is 0 Å². The Bertz CT molecular complexity index is 261. The third-order valence-corrected chi connectivity index (χ3v) is 3.87. The first-order chi connectivity index (χ1) is 8.81. The van der Waals surface area contributed by atoms with Crippen LogP contribution < -0.4 is 5.32 Å². The second kappa shape index (κ2) is 6.95. The molecule has 2 amide bonds. The average molecular weight is 255 g/mol. The number of morpholine rings is 1. The lowest BCUT2D eigenvalue weighted by Crippen LogP contribution is -2.50. The Labute approximate surface area is 109 Å². The Kier molecular flexibility index (Phi) is 5.26. The molecule has 0 radical (unpaired) electrons. The Morgan fingerprint density at radius 2 is 2.00 bits per heavy atom. The van der Waals surface area contributed by atoms with Gasteiger partial charge in [-0.3, -0.25) is 0 Å². The molecular weight excluding hydrogens is 230 g/mol. The summed E-state index contributed by atoms with van der Waals surface area (Å²) in [6.45, 7) is 8.80. The molecule has 18 heavy (non-hydrogen) atoms. The second-order valence-corrected chi connectivity index (χ2v) is 5.11. The molecule has 0 unspecified atom stereocenters. The lowest BCUT2D eigenvalue weighted by Gasteiger charge is -2.35. The Morgan fingerprint density at radius 3 is 2.61 bits per heavy atom. The van der Waals surface area contributed by atoms with Crippen molar-refractivity contribution in [2.24, 2.45) is 5.92 Å². The number of amides is 2. The van der Waals surface area contributed by atoms with Crippen molar-refractivity contribution in [3.63, 3.8) is 0 Å². The molecule has 0 atom stereocenters. The minimum atomic E-state index is 0.194. The van der Waals surface area contributed by atoms with Crippen LogP contribution in [-0.4, -0.2) is 68.3 Å². The molecule has 0 spiro atoms. The summed E-state index contributed by atoms with van der Waals surface area (Å²) in [7, 11) is 0. The zero-order valence-corrected chi connectivity index (χ0v) is 11.4. The van der Waals surface area contributed by atoms with Crippen LogP contribution >= 0.6 is 0 Å². The number of ether oxygens (including phenoxy) is 1. The smallest absolute Gasteiger partial charge is 0.320 e. The first-order valence-corrected chi connectivity index (χ1v) is 7.13. The van der Waals surface area contributed by atoms with E-state index in [4.69, 9.17) is 4.74 Å². The summed E-state index contributed by atoms with van der Waals surface area (Å²) >= 11 is 0. The number of carbonyl (C=O) groups is 1. The number of nitrogens with one attached hydrogen (secondary N) is 1.